The van der Waals surface area contributed by atoms with Crippen molar-refractivity contribution in [3.8, 4) is 0 Å². The molecule has 1 N–H and O–H groups in total. The third-order valence-electron chi connectivity index (χ3n) is 2.27. The number of hydrogen-bond acceptors (Lipinski definition) is 5. The van der Waals surface area contributed by atoms with Crippen LogP contribution >= 0.6 is 22.7 Å². The van der Waals surface area contributed by atoms with Gasteiger partial charge in [0.05, 0.1) is 4.88 Å². The van der Waals surface area contributed by atoms with Crippen LogP contribution in [0.2, 0.25) is 0 Å². The fourth-order valence-corrected chi connectivity index (χ4v) is 2.99. The number of anilines is 1. The summed E-state index contributed by atoms with van der Waals surface area (Å²) in [5, 5.41) is 13.9. The largest absolute Gasteiger partial charge is 0.296 e. The summed E-state index contributed by atoms with van der Waals surface area (Å²) >= 11 is 2.83. The second kappa shape index (κ2) is 4.93. The topological polar surface area (TPSA) is 54.9 Å². The highest BCUT2D eigenvalue weighted by atomic mass is 32.1. The van der Waals surface area contributed by atoms with Gasteiger partial charge in [-0.3, -0.25) is 10.1 Å². The summed E-state index contributed by atoms with van der Waals surface area (Å²) in [6, 6.07) is 2.00. The Labute approximate surface area is 108 Å². The molecule has 2 aromatic heterocycles. The average molecular weight is 267 g/mol. The van der Waals surface area contributed by atoms with Crippen molar-refractivity contribution < 1.29 is 4.79 Å². The number of thiophene rings is 1. The maximum Gasteiger partial charge on any atom is 0.267 e. The number of rotatable bonds is 3. The lowest BCUT2D eigenvalue weighted by atomic mass is 10.0. The molecule has 0 unspecified atom stereocenters. The van der Waals surface area contributed by atoms with E-state index in [4.69, 9.17) is 0 Å². The van der Waals surface area contributed by atoms with Crippen molar-refractivity contribution in [2.24, 2.45) is 0 Å². The number of nitrogens with one attached hydrogen (secondary N) is 1. The van der Waals surface area contributed by atoms with E-state index in [-0.39, 0.29) is 5.91 Å². The minimum absolute atomic E-state index is 0.0974. The van der Waals surface area contributed by atoms with Gasteiger partial charge in [0.25, 0.3) is 5.91 Å². The first kappa shape index (κ1) is 12.2. The zero-order chi connectivity index (χ0) is 12.4. The van der Waals surface area contributed by atoms with Crippen molar-refractivity contribution >= 4 is 33.7 Å². The van der Waals surface area contributed by atoms with E-state index in [0.717, 1.165) is 15.4 Å². The van der Waals surface area contributed by atoms with E-state index in [1.54, 1.807) is 0 Å². The normalized spacial score (nSPS) is 10.8. The van der Waals surface area contributed by atoms with Crippen LogP contribution in [0.15, 0.2) is 11.4 Å². The molecule has 0 saturated heterocycles. The summed E-state index contributed by atoms with van der Waals surface area (Å²) in [5.41, 5.74) is 1.08. The highest BCUT2D eigenvalue weighted by Crippen LogP contribution is 2.26. The van der Waals surface area contributed by atoms with Gasteiger partial charge in [0.1, 0.15) is 5.01 Å². The van der Waals surface area contributed by atoms with E-state index >= 15 is 0 Å². The maximum absolute atomic E-state index is 12.0. The Hall–Kier alpha value is -1.27. The lowest BCUT2D eigenvalue weighted by Gasteiger charge is -2.05. The Morgan fingerprint density at radius 3 is 2.76 bits per heavy atom. The molecule has 0 aromatic carbocycles. The Morgan fingerprint density at radius 1 is 1.41 bits per heavy atom. The van der Waals surface area contributed by atoms with E-state index in [1.807, 2.05) is 18.4 Å². The van der Waals surface area contributed by atoms with Crippen LogP contribution in [-0.4, -0.2) is 16.1 Å². The van der Waals surface area contributed by atoms with Crippen LogP contribution < -0.4 is 5.32 Å². The molecule has 17 heavy (non-hydrogen) atoms. The number of hydrogen-bond donors (Lipinski definition) is 1. The zero-order valence-electron chi connectivity index (χ0n) is 9.85. The van der Waals surface area contributed by atoms with Crippen LogP contribution in [0.1, 0.15) is 40.0 Å². The number of nitrogens with zero attached hydrogens (tertiary/aromatic N) is 2. The first-order chi connectivity index (χ1) is 8.08. The van der Waals surface area contributed by atoms with E-state index in [1.165, 1.54) is 22.7 Å². The van der Waals surface area contributed by atoms with Crippen LogP contribution in [0.3, 0.4) is 0 Å². The third-order valence-corrected chi connectivity index (χ3v) is 3.95. The summed E-state index contributed by atoms with van der Waals surface area (Å²) in [6.45, 7) is 6.01. The molecule has 0 atom stereocenters. The van der Waals surface area contributed by atoms with Crippen LogP contribution in [-0.2, 0) is 0 Å². The van der Waals surface area contributed by atoms with Crippen LogP contribution in [0, 0.1) is 6.92 Å². The van der Waals surface area contributed by atoms with Gasteiger partial charge in [-0.1, -0.05) is 25.2 Å². The van der Waals surface area contributed by atoms with E-state index in [0.29, 0.717) is 11.0 Å². The second-order valence-corrected chi connectivity index (χ2v) is 6.04. The minimum atomic E-state index is -0.0974. The van der Waals surface area contributed by atoms with Gasteiger partial charge >= 0.3 is 0 Å². The summed E-state index contributed by atoms with van der Waals surface area (Å²) < 4.78 is 0. The zero-order valence-corrected chi connectivity index (χ0v) is 11.5. The molecular weight excluding hydrogens is 254 g/mol. The number of amides is 1. The molecule has 6 heteroatoms. The lowest BCUT2D eigenvalue weighted by molar-refractivity contribution is 0.102. The van der Waals surface area contributed by atoms with Crippen molar-refractivity contribution in [1.29, 1.82) is 0 Å². The molecule has 0 saturated carbocycles. The molecule has 0 aliphatic rings. The standard InChI is InChI=1S/C11H13N3OS2/c1-6(2)8-4-5-16-9(8)10(15)12-11-14-13-7(3)17-11/h4-6H,1-3H3,(H,12,14,15). The number of carbonyl (C=O) groups is 1. The smallest absolute Gasteiger partial charge is 0.267 e. The molecule has 90 valence electrons. The van der Waals surface area contributed by atoms with E-state index in [9.17, 15) is 4.79 Å². The quantitative estimate of drug-likeness (QED) is 0.928. The molecule has 0 fully saturated rings. The number of aryl methyl sites for hydroxylation is 1. The molecule has 1 amide bonds. The highest BCUT2D eigenvalue weighted by molar-refractivity contribution is 7.15. The van der Waals surface area contributed by atoms with Crippen LogP contribution in [0.5, 0.6) is 0 Å². The van der Waals surface area contributed by atoms with Crippen molar-refractivity contribution in [1.82, 2.24) is 10.2 Å². The molecule has 4 nitrogen and oxygen atoms in total. The molecular formula is C11H13N3OS2. The predicted octanol–water partition coefficient (Wildman–Crippen LogP) is 3.28. The Balaban J connectivity index is 2.17. The monoisotopic (exact) mass is 267 g/mol. The fraction of sp³-hybridized carbons (Fsp3) is 0.364. The van der Waals surface area contributed by atoms with Gasteiger partial charge in [0, 0.05) is 0 Å². The molecule has 0 radical (unpaired) electrons. The number of aromatic nitrogens is 2. The van der Waals surface area contributed by atoms with Crippen molar-refractivity contribution in [3.05, 3.63) is 26.9 Å². The van der Waals surface area contributed by atoms with Gasteiger partial charge < -0.3 is 0 Å². The highest BCUT2D eigenvalue weighted by Gasteiger charge is 2.16. The van der Waals surface area contributed by atoms with E-state index < -0.39 is 0 Å². The molecule has 2 aromatic rings. The van der Waals surface area contributed by atoms with Gasteiger partial charge in [0.15, 0.2) is 0 Å². The average Bonchev–Trinajstić information content (AvgIpc) is 2.86. The summed E-state index contributed by atoms with van der Waals surface area (Å²) in [5.74, 6) is 0.248. The van der Waals surface area contributed by atoms with Gasteiger partial charge in [-0.05, 0) is 29.9 Å². The van der Waals surface area contributed by atoms with E-state index in [2.05, 4.69) is 29.4 Å². The van der Waals surface area contributed by atoms with Gasteiger partial charge in [0.2, 0.25) is 5.13 Å². The van der Waals surface area contributed by atoms with Crippen molar-refractivity contribution in [2.75, 3.05) is 5.32 Å². The fourth-order valence-electron chi connectivity index (χ4n) is 1.46. The van der Waals surface area contributed by atoms with Gasteiger partial charge in [-0.15, -0.1) is 21.5 Å². The van der Waals surface area contributed by atoms with Crippen molar-refractivity contribution in [2.45, 2.75) is 26.7 Å². The Kier molecular flexibility index (Phi) is 3.54. The Bertz CT molecular complexity index is 530. The molecule has 0 aliphatic carbocycles. The van der Waals surface area contributed by atoms with Crippen molar-refractivity contribution in [3.63, 3.8) is 0 Å². The minimum Gasteiger partial charge on any atom is -0.296 e. The SMILES string of the molecule is Cc1nnc(NC(=O)c2sccc2C(C)C)s1. The molecule has 0 aliphatic heterocycles. The predicted molar refractivity (Wildman–Crippen MR) is 71.0 cm³/mol. The van der Waals surface area contributed by atoms with Gasteiger partial charge in [-0.25, -0.2) is 0 Å². The molecule has 0 bridgehead atoms. The first-order valence-electron chi connectivity index (χ1n) is 5.26. The molecule has 0 spiro atoms. The number of carbonyl (C=O) groups excluding carboxylic acids is 1. The summed E-state index contributed by atoms with van der Waals surface area (Å²) in [4.78, 5) is 12.8. The molecule has 2 heterocycles. The lowest BCUT2D eigenvalue weighted by Crippen LogP contribution is -2.12. The first-order valence-corrected chi connectivity index (χ1v) is 6.96. The summed E-state index contributed by atoms with van der Waals surface area (Å²) in [6.07, 6.45) is 0. The molecule has 2 rings (SSSR count). The summed E-state index contributed by atoms with van der Waals surface area (Å²) in [7, 11) is 0. The van der Waals surface area contributed by atoms with Crippen LogP contribution in [0.25, 0.3) is 0 Å². The van der Waals surface area contributed by atoms with Crippen LogP contribution in [0.4, 0.5) is 5.13 Å². The third kappa shape index (κ3) is 2.70. The Morgan fingerprint density at radius 2 is 2.18 bits per heavy atom. The second-order valence-electron chi connectivity index (χ2n) is 3.94. The van der Waals surface area contributed by atoms with Gasteiger partial charge in [-0.2, -0.15) is 0 Å². The maximum atomic E-state index is 12.0.